The Balaban J connectivity index is 1.89. The highest BCUT2D eigenvalue weighted by atomic mass is 32.2. The zero-order valence-electron chi connectivity index (χ0n) is 15.6. The summed E-state index contributed by atoms with van der Waals surface area (Å²) in [5.74, 6) is 0.621. The average Bonchev–Trinajstić information content (AvgIpc) is 3.06. The predicted molar refractivity (Wildman–Crippen MR) is 113 cm³/mol. The van der Waals surface area contributed by atoms with E-state index in [0.29, 0.717) is 5.82 Å². The van der Waals surface area contributed by atoms with E-state index >= 15 is 0 Å². The average molecular weight is 411 g/mol. The van der Waals surface area contributed by atoms with Crippen molar-refractivity contribution < 1.29 is 8.42 Å². The monoisotopic (exact) mass is 410 g/mol. The standard InChI is InChI=1S/C20H18N4O2S2/c1-12-7-8-16-17(14-5-4-6-15(9-14)28(3,25)26)10-21-19(18(16)22-12)24-20-23-13(2)11-27-20/h4-11H,1-3H3,(H,21,23,24). The van der Waals surface area contributed by atoms with Crippen molar-refractivity contribution in [3.63, 3.8) is 0 Å². The first-order valence-electron chi connectivity index (χ1n) is 8.57. The van der Waals surface area contributed by atoms with Gasteiger partial charge in [-0.1, -0.05) is 18.2 Å². The van der Waals surface area contributed by atoms with Gasteiger partial charge in [0.25, 0.3) is 0 Å². The van der Waals surface area contributed by atoms with Gasteiger partial charge in [0, 0.05) is 34.5 Å². The first kappa shape index (κ1) is 18.5. The fourth-order valence-electron chi connectivity index (χ4n) is 2.94. The largest absolute Gasteiger partial charge is 0.314 e. The van der Waals surface area contributed by atoms with Crippen LogP contribution in [0.2, 0.25) is 0 Å². The van der Waals surface area contributed by atoms with E-state index in [-0.39, 0.29) is 4.90 Å². The molecule has 0 spiro atoms. The van der Waals surface area contributed by atoms with Crippen LogP contribution in [-0.4, -0.2) is 29.6 Å². The molecule has 0 radical (unpaired) electrons. The summed E-state index contributed by atoms with van der Waals surface area (Å²) in [6.45, 7) is 3.86. The van der Waals surface area contributed by atoms with Gasteiger partial charge in [0.15, 0.2) is 20.8 Å². The molecule has 3 aromatic heterocycles. The number of fused-ring (bicyclic) bond motifs is 1. The minimum Gasteiger partial charge on any atom is -0.314 e. The molecule has 4 rings (SSSR count). The Hall–Kier alpha value is -2.84. The molecule has 1 N–H and O–H groups in total. The van der Waals surface area contributed by atoms with Crippen LogP contribution in [0.25, 0.3) is 22.0 Å². The highest BCUT2D eigenvalue weighted by Crippen LogP contribution is 2.33. The third-order valence-electron chi connectivity index (χ3n) is 4.29. The van der Waals surface area contributed by atoms with Crippen LogP contribution < -0.4 is 5.32 Å². The molecular weight excluding hydrogens is 392 g/mol. The Bertz CT molecular complexity index is 1300. The molecule has 0 saturated heterocycles. The van der Waals surface area contributed by atoms with Crippen LogP contribution in [-0.2, 0) is 9.84 Å². The van der Waals surface area contributed by atoms with Gasteiger partial charge in [0.2, 0.25) is 0 Å². The van der Waals surface area contributed by atoms with E-state index < -0.39 is 9.84 Å². The summed E-state index contributed by atoms with van der Waals surface area (Å²) in [6, 6.07) is 10.8. The lowest BCUT2D eigenvalue weighted by molar-refractivity contribution is 0.602. The fraction of sp³-hybridized carbons (Fsp3) is 0.150. The normalized spacial score (nSPS) is 11.7. The summed E-state index contributed by atoms with van der Waals surface area (Å²) in [5.41, 5.74) is 4.14. The van der Waals surface area contributed by atoms with Gasteiger partial charge in [-0.15, -0.1) is 11.3 Å². The summed E-state index contributed by atoms with van der Waals surface area (Å²) in [6.07, 6.45) is 2.94. The number of nitrogens with zero attached hydrogens (tertiary/aromatic N) is 3. The third kappa shape index (κ3) is 3.61. The van der Waals surface area contributed by atoms with Crippen molar-refractivity contribution in [2.24, 2.45) is 0 Å². The molecule has 0 amide bonds. The van der Waals surface area contributed by atoms with Crippen LogP contribution in [0.4, 0.5) is 10.9 Å². The number of pyridine rings is 2. The number of hydrogen-bond donors (Lipinski definition) is 1. The molecule has 3 heterocycles. The minimum atomic E-state index is -3.30. The fourth-order valence-corrected chi connectivity index (χ4v) is 4.30. The van der Waals surface area contributed by atoms with E-state index in [9.17, 15) is 8.42 Å². The van der Waals surface area contributed by atoms with Crippen molar-refractivity contribution in [1.29, 1.82) is 0 Å². The molecule has 8 heteroatoms. The quantitative estimate of drug-likeness (QED) is 0.532. The molecule has 0 aliphatic heterocycles. The summed E-state index contributed by atoms with van der Waals surface area (Å²) in [5, 5.41) is 6.86. The Morgan fingerprint density at radius 2 is 1.86 bits per heavy atom. The molecule has 6 nitrogen and oxygen atoms in total. The zero-order valence-corrected chi connectivity index (χ0v) is 17.2. The smallest absolute Gasteiger partial charge is 0.188 e. The minimum absolute atomic E-state index is 0.277. The van der Waals surface area contributed by atoms with Gasteiger partial charge in [0.1, 0.15) is 5.52 Å². The Kier molecular flexibility index (Phi) is 4.60. The number of benzene rings is 1. The molecule has 0 atom stereocenters. The SMILES string of the molecule is Cc1csc(Nc2ncc(-c3cccc(S(C)(=O)=O)c3)c3ccc(C)nc23)n1. The number of aryl methyl sites for hydroxylation is 2. The Labute approximate surface area is 167 Å². The van der Waals surface area contributed by atoms with Gasteiger partial charge in [-0.3, -0.25) is 0 Å². The van der Waals surface area contributed by atoms with E-state index in [2.05, 4.69) is 20.3 Å². The molecule has 0 unspecified atom stereocenters. The van der Waals surface area contributed by atoms with Gasteiger partial charge in [-0.05, 0) is 37.6 Å². The first-order valence-corrected chi connectivity index (χ1v) is 11.3. The number of sulfone groups is 1. The van der Waals surface area contributed by atoms with Crippen molar-refractivity contribution in [2.75, 3.05) is 11.6 Å². The molecule has 4 aromatic rings. The number of hydrogen-bond acceptors (Lipinski definition) is 7. The second-order valence-corrected chi connectivity index (χ2v) is 9.46. The second kappa shape index (κ2) is 6.96. The van der Waals surface area contributed by atoms with Crippen LogP contribution in [0.1, 0.15) is 11.4 Å². The van der Waals surface area contributed by atoms with Crippen molar-refractivity contribution in [1.82, 2.24) is 15.0 Å². The number of rotatable bonds is 4. The summed E-state index contributed by atoms with van der Waals surface area (Å²) in [7, 11) is -3.30. The maximum atomic E-state index is 11.9. The van der Waals surface area contributed by atoms with Crippen molar-refractivity contribution in [2.45, 2.75) is 18.7 Å². The van der Waals surface area contributed by atoms with Gasteiger partial charge in [-0.25, -0.2) is 23.4 Å². The topological polar surface area (TPSA) is 84.8 Å². The lowest BCUT2D eigenvalue weighted by Gasteiger charge is -2.12. The predicted octanol–water partition coefficient (Wildman–Crippen LogP) is 4.52. The van der Waals surface area contributed by atoms with E-state index in [1.165, 1.54) is 17.6 Å². The molecule has 0 fully saturated rings. The number of nitrogens with one attached hydrogen (secondary N) is 1. The molecule has 0 bridgehead atoms. The van der Waals surface area contributed by atoms with Crippen LogP contribution >= 0.6 is 11.3 Å². The number of thiazole rings is 1. The van der Waals surface area contributed by atoms with E-state index in [4.69, 9.17) is 0 Å². The Morgan fingerprint density at radius 1 is 1.04 bits per heavy atom. The maximum absolute atomic E-state index is 11.9. The zero-order chi connectivity index (χ0) is 19.9. The van der Waals surface area contributed by atoms with Crippen LogP contribution in [0.5, 0.6) is 0 Å². The van der Waals surface area contributed by atoms with Gasteiger partial charge in [0.05, 0.1) is 10.6 Å². The van der Waals surface area contributed by atoms with Gasteiger partial charge in [-0.2, -0.15) is 0 Å². The molecule has 142 valence electrons. The van der Waals surface area contributed by atoms with Crippen molar-refractivity contribution in [3.8, 4) is 11.1 Å². The Morgan fingerprint density at radius 3 is 2.57 bits per heavy atom. The molecule has 0 saturated carbocycles. The van der Waals surface area contributed by atoms with E-state index in [1.54, 1.807) is 24.4 Å². The molecule has 0 aliphatic carbocycles. The number of aromatic nitrogens is 3. The number of anilines is 2. The summed E-state index contributed by atoms with van der Waals surface area (Å²) in [4.78, 5) is 13.9. The highest BCUT2D eigenvalue weighted by Gasteiger charge is 2.14. The second-order valence-electron chi connectivity index (χ2n) is 6.59. The first-order chi connectivity index (χ1) is 13.3. The lowest BCUT2D eigenvalue weighted by atomic mass is 10.0. The molecule has 0 aliphatic rings. The van der Waals surface area contributed by atoms with Crippen LogP contribution in [0.3, 0.4) is 0 Å². The lowest BCUT2D eigenvalue weighted by Crippen LogP contribution is -1.99. The highest BCUT2D eigenvalue weighted by molar-refractivity contribution is 7.90. The van der Waals surface area contributed by atoms with Gasteiger partial charge >= 0.3 is 0 Å². The van der Waals surface area contributed by atoms with Crippen molar-refractivity contribution >= 4 is 43.0 Å². The third-order valence-corrected chi connectivity index (χ3v) is 6.28. The van der Waals surface area contributed by atoms with Crippen molar-refractivity contribution in [3.05, 3.63) is 59.4 Å². The maximum Gasteiger partial charge on any atom is 0.188 e. The van der Waals surface area contributed by atoms with Crippen LogP contribution in [0, 0.1) is 13.8 Å². The molecule has 1 aromatic carbocycles. The molecular formula is C20H18N4O2S2. The van der Waals surface area contributed by atoms with E-state index in [1.807, 2.05) is 37.4 Å². The summed E-state index contributed by atoms with van der Waals surface area (Å²) < 4.78 is 23.9. The van der Waals surface area contributed by atoms with E-state index in [0.717, 1.165) is 38.5 Å². The summed E-state index contributed by atoms with van der Waals surface area (Å²) >= 11 is 1.51. The molecule has 28 heavy (non-hydrogen) atoms. The van der Waals surface area contributed by atoms with Gasteiger partial charge < -0.3 is 5.32 Å². The van der Waals surface area contributed by atoms with Crippen LogP contribution in [0.15, 0.2) is 52.9 Å².